The third-order valence-corrected chi connectivity index (χ3v) is 3.13. The van der Waals surface area contributed by atoms with Crippen LogP contribution < -0.4 is 10.6 Å². The first kappa shape index (κ1) is 15.5. The van der Waals surface area contributed by atoms with Gasteiger partial charge in [0.25, 0.3) is 0 Å². The van der Waals surface area contributed by atoms with Crippen LogP contribution in [0.25, 0.3) is 0 Å². The number of amides is 1. The first-order valence-corrected chi connectivity index (χ1v) is 6.91. The van der Waals surface area contributed by atoms with Gasteiger partial charge in [0.15, 0.2) is 0 Å². The zero-order valence-electron chi connectivity index (χ0n) is 10.8. The summed E-state index contributed by atoms with van der Waals surface area (Å²) in [5, 5.41) is 6.67. The molecule has 0 saturated carbocycles. The highest BCUT2D eigenvalue weighted by atomic mass is 79.9. The average molecular weight is 334 g/mol. The van der Waals surface area contributed by atoms with Crippen molar-refractivity contribution in [3.63, 3.8) is 0 Å². The van der Waals surface area contributed by atoms with Crippen molar-refractivity contribution in [3.05, 3.63) is 33.3 Å². The summed E-state index contributed by atoms with van der Waals surface area (Å²) in [5.74, 6) is -0.0133. The Kier molecular flexibility index (Phi) is 5.63. The molecule has 0 aliphatic heterocycles. The molecular formula is C13H18BrClN2O. The summed E-state index contributed by atoms with van der Waals surface area (Å²) in [7, 11) is 0. The summed E-state index contributed by atoms with van der Waals surface area (Å²) >= 11 is 9.36. The first-order chi connectivity index (χ1) is 8.28. The molecule has 1 rings (SSSR count). The number of benzene rings is 1. The Hall–Kier alpha value is -0.580. The highest BCUT2D eigenvalue weighted by molar-refractivity contribution is 9.10. The first-order valence-electron chi connectivity index (χ1n) is 5.73. The fraction of sp³-hybridized carbons (Fsp3) is 0.462. The highest BCUT2D eigenvalue weighted by Crippen LogP contribution is 2.20. The molecule has 0 aliphatic carbocycles. The second-order valence-electron chi connectivity index (χ2n) is 5.14. The maximum absolute atomic E-state index is 11.6. The monoisotopic (exact) mass is 332 g/mol. The fourth-order valence-corrected chi connectivity index (χ4v) is 2.03. The minimum Gasteiger partial charge on any atom is -0.350 e. The molecule has 5 heteroatoms. The van der Waals surface area contributed by atoms with Gasteiger partial charge < -0.3 is 10.6 Å². The molecule has 1 aromatic rings. The van der Waals surface area contributed by atoms with Crippen molar-refractivity contribution < 1.29 is 4.79 Å². The minimum absolute atomic E-state index is 0.0133. The number of rotatable bonds is 4. The van der Waals surface area contributed by atoms with Crippen LogP contribution in [0.5, 0.6) is 0 Å². The molecule has 18 heavy (non-hydrogen) atoms. The van der Waals surface area contributed by atoms with Crippen LogP contribution in [0.3, 0.4) is 0 Å². The molecule has 0 heterocycles. The molecule has 1 aromatic carbocycles. The molecule has 0 aromatic heterocycles. The molecular weight excluding hydrogens is 316 g/mol. The smallest absolute Gasteiger partial charge is 0.234 e. The van der Waals surface area contributed by atoms with Crippen LogP contribution in [0.4, 0.5) is 0 Å². The van der Waals surface area contributed by atoms with Crippen molar-refractivity contribution in [3.8, 4) is 0 Å². The molecule has 0 unspecified atom stereocenters. The van der Waals surface area contributed by atoms with Gasteiger partial charge in [-0.25, -0.2) is 0 Å². The van der Waals surface area contributed by atoms with Crippen LogP contribution in [0.2, 0.25) is 5.02 Å². The van der Waals surface area contributed by atoms with Crippen molar-refractivity contribution in [2.24, 2.45) is 0 Å². The second-order valence-corrected chi connectivity index (χ2v) is 6.43. The van der Waals surface area contributed by atoms with E-state index in [1.54, 1.807) is 0 Å². The predicted molar refractivity (Wildman–Crippen MR) is 78.8 cm³/mol. The van der Waals surface area contributed by atoms with Gasteiger partial charge in [-0.3, -0.25) is 4.79 Å². The Labute approximate surface area is 121 Å². The van der Waals surface area contributed by atoms with Crippen molar-refractivity contribution in [2.75, 3.05) is 6.54 Å². The lowest BCUT2D eigenvalue weighted by atomic mass is 10.1. The normalized spacial score (nSPS) is 11.4. The molecule has 0 atom stereocenters. The molecule has 0 aliphatic rings. The van der Waals surface area contributed by atoms with Crippen LogP contribution in [-0.2, 0) is 11.3 Å². The number of hydrogen-bond donors (Lipinski definition) is 2. The number of carbonyl (C=O) groups excluding carboxylic acids is 1. The molecule has 1 amide bonds. The largest absolute Gasteiger partial charge is 0.350 e. The Morgan fingerprint density at radius 2 is 2.06 bits per heavy atom. The van der Waals surface area contributed by atoms with Gasteiger partial charge in [-0.05, 0) is 44.5 Å². The van der Waals surface area contributed by atoms with Gasteiger partial charge in [-0.15, -0.1) is 0 Å². The lowest BCUT2D eigenvalue weighted by molar-refractivity contribution is -0.121. The standard InChI is InChI=1S/C13H18BrClN2O/c1-13(2,3)17-12(18)8-16-7-9-6-10(15)4-5-11(9)14/h4-6,16H,7-8H2,1-3H3,(H,17,18). The van der Waals surface area contributed by atoms with Gasteiger partial charge >= 0.3 is 0 Å². The van der Waals surface area contributed by atoms with Crippen LogP contribution in [0, 0.1) is 0 Å². The van der Waals surface area contributed by atoms with Crippen LogP contribution >= 0.6 is 27.5 Å². The van der Waals surface area contributed by atoms with Crippen molar-refractivity contribution in [2.45, 2.75) is 32.9 Å². The van der Waals surface area contributed by atoms with Crippen molar-refractivity contribution in [1.29, 1.82) is 0 Å². The van der Waals surface area contributed by atoms with Gasteiger partial charge in [0.2, 0.25) is 5.91 Å². The molecule has 2 N–H and O–H groups in total. The molecule has 0 fully saturated rings. The van der Waals surface area contributed by atoms with E-state index in [1.807, 2.05) is 39.0 Å². The molecule has 0 spiro atoms. The minimum atomic E-state index is -0.199. The summed E-state index contributed by atoms with van der Waals surface area (Å²) in [4.78, 5) is 11.6. The third-order valence-electron chi connectivity index (χ3n) is 2.12. The lowest BCUT2D eigenvalue weighted by Crippen LogP contribution is -2.44. The van der Waals surface area contributed by atoms with E-state index in [4.69, 9.17) is 11.6 Å². The van der Waals surface area contributed by atoms with Gasteiger partial charge in [0.05, 0.1) is 6.54 Å². The number of hydrogen-bond acceptors (Lipinski definition) is 2. The molecule has 0 bridgehead atoms. The zero-order chi connectivity index (χ0) is 13.8. The number of halogens is 2. The van der Waals surface area contributed by atoms with Crippen LogP contribution in [0.1, 0.15) is 26.3 Å². The zero-order valence-corrected chi connectivity index (χ0v) is 13.2. The summed E-state index contributed by atoms with van der Waals surface area (Å²) in [6.07, 6.45) is 0. The van der Waals surface area contributed by atoms with E-state index in [0.717, 1.165) is 10.0 Å². The second kappa shape index (κ2) is 6.55. The van der Waals surface area contributed by atoms with Gasteiger partial charge in [0.1, 0.15) is 0 Å². The summed E-state index contributed by atoms with van der Waals surface area (Å²) in [6.45, 7) is 6.75. The van der Waals surface area contributed by atoms with E-state index in [1.165, 1.54) is 0 Å². The van der Waals surface area contributed by atoms with Crippen molar-refractivity contribution in [1.82, 2.24) is 10.6 Å². The summed E-state index contributed by atoms with van der Waals surface area (Å²) in [6, 6.07) is 5.59. The maximum Gasteiger partial charge on any atom is 0.234 e. The van der Waals surface area contributed by atoms with Crippen LogP contribution in [0.15, 0.2) is 22.7 Å². The predicted octanol–water partition coefficient (Wildman–Crippen LogP) is 3.11. The summed E-state index contributed by atoms with van der Waals surface area (Å²) < 4.78 is 0.982. The third kappa shape index (κ3) is 5.85. The van der Waals surface area contributed by atoms with Crippen LogP contribution in [-0.4, -0.2) is 18.0 Å². The molecule has 0 saturated heterocycles. The summed E-state index contributed by atoms with van der Waals surface area (Å²) in [5.41, 5.74) is 0.834. The Morgan fingerprint density at radius 3 is 2.67 bits per heavy atom. The van der Waals surface area contributed by atoms with E-state index >= 15 is 0 Å². The SMILES string of the molecule is CC(C)(C)NC(=O)CNCc1cc(Cl)ccc1Br. The quantitative estimate of drug-likeness (QED) is 0.889. The maximum atomic E-state index is 11.6. The van der Waals surface area contributed by atoms with E-state index < -0.39 is 0 Å². The average Bonchev–Trinajstić information content (AvgIpc) is 2.20. The Bertz CT molecular complexity index is 429. The van der Waals surface area contributed by atoms with Gasteiger partial charge in [-0.2, -0.15) is 0 Å². The fourth-order valence-electron chi connectivity index (χ4n) is 1.45. The Balaban J connectivity index is 2.42. The van der Waals surface area contributed by atoms with E-state index in [-0.39, 0.29) is 18.0 Å². The molecule has 0 radical (unpaired) electrons. The van der Waals surface area contributed by atoms with E-state index in [2.05, 4.69) is 26.6 Å². The number of nitrogens with one attached hydrogen (secondary N) is 2. The lowest BCUT2D eigenvalue weighted by Gasteiger charge is -2.20. The highest BCUT2D eigenvalue weighted by Gasteiger charge is 2.13. The molecule has 100 valence electrons. The van der Waals surface area contributed by atoms with Gasteiger partial charge in [-0.1, -0.05) is 27.5 Å². The van der Waals surface area contributed by atoms with Crippen molar-refractivity contribution >= 4 is 33.4 Å². The number of carbonyl (C=O) groups is 1. The van der Waals surface area contributed by atoms with Gasteiger partial charge in [0, 0.05) is 21.6 Å². The van der Waals surface area contributed by atoms with E-state index in [0.29, 0.717) is 11.6 Å². The topological polar surface area (TPSA) is 41.1 Å². The molecule has 3 nitrogen and oxygen atoms in total. The van der Waals surface area contributed by atoms with E-state index in [9.17, 15) is 4.79 Å². The Morgan fingerprint density at radius 1 is 1.39 bits per heavy atom.